The van der Waals surface area contributed by atoms with Crippen LogP contribution >= 0.6 is 0 Å². The minimum Gasteiger partial charge on any atom is -0.354 e. The number of hydrogen-bond acceptors (Lipinski definition) is 4. The van der Waals surface area contributed by atoms with Gasteiger partial charge in [0.05, 0.1) is 0 Å². The average Bonchev–Trinajstić information content (AvgIpc) is 2.69. The van der Waals surface area contributed by atoms with Crippen molar-refractivity contribution in [2.24, 2.45) is 0 Å². The van der Waals surface area contributed by atoms with Crippen LogP contribution in [0, 0.1) is 0 Å². The molecule has 1 aliphatic carbocycles. The SMILES string of the molecule is CCc1ccccc1NC(=O)c1ccnc(NCCC2=CCCCC2)n1. The number of rotatable bonds is 7. The number of nitrogens with zero attached hydrogens (tertiary/aromatic N) is 2. The third-order valence-corrected chi connectivity index (χ3v) is 4.65. The van der Waals surface area contributed by atoms with Gasteiger partial charge in [0.25, 0.3) is 5.91 Å². The molecular formula is C21H26N4O. The van der Waals surface area contributed by atoms with Gasteiger partial charge in [0, 0.05) is 18.4 Å². The van der Waals surface area contributed by atoms with Gasteiger partial charge in [0.1, 0.15) is 5.69 Å². The summed E-state index contributed by atoms with van der Waals surface area (Å²) in [5.41, 5.74) is 3.81. The molecule has 1 amide bonds. The fourth-order valence-electron chi connectivity index (χ4n) is 3.17. The minimum atomic E-state index is -0.216. The van der Waals surface area contributed by atoms with E-state index >= 15 is 0 Å². The molecule has 0 atom stereocenters. The lowest BCUT2D eigenvalue weighted by molar-refractivity contribution is 0.102. The van der Waals surface area contributed by atoms with Crippen molar-refractivity contribution in [3.63, 3.8) is 0 Å². The van der Waals surface area contributed by atoms with Gasteiger partial charge >= 0.3 is 0 Å². The van der Waals surface area contributed by atoms with Gasteiger partial charge in [0.15, 0.2) is 0 Å². The molecule has 0 saturated heterocycles. The predicted octanol–water partition coefficient (Wildman–Crippen LogP) is 4.59. The molecule has 26 heavy (non-hydrogen) atoms. The molecule has 0 spiro atoms. The number of para-hydroxylation sites is 1. The van der Waals surface area contributed by atoms with Crippen molar-refractivity contribution >= 4 is 17.5 Å². The number of carbonyl (C=O) groups excluding carboxylic acids is 1. The summed E-state index contributed by atoms with van der Waals surface area (Å²) in [7, 11) is 0. The van der Waals surface area contributed by atoms with Crippen LogP contribution in [-0.2, 0) is 6.42 Å². The number of carbonyl (C=O) groups is 1. The highest BCUT2D eigenvalue weighted by molar-refractivity contribution is 6.03. The Bertz CT molecular complexity index is 785. The number of aromatic nitrogens is 2. The molecule has 0 radical (unpaired) electrons. The fourth-order valence-corrected chi connectivity index (χ4v) is 3.17. The normalized spacial score (nSPS) is 13.8. The Morgan fingerprint density at radius 1 is 1.19 bits per heavy atom. The average molecular weight is 350 g/mol. The van der Waals surface area contributed by atoms with Gasteiger partial charge < -0.3 is 10.6 Å². The zero-order valence-corrected chi connectivity index (χ0v) is 15.3. The number of hydrogen-bond donors (Lipinski definition) is 2. The number of benzene rings is 1. The highest BCUT2D eigenvalue weighted by Gasteiger charge is 2.11. The molecule has 0 bridgehead atoms. The maximum atomic E-state index is 12.5. The maximum Gasteiger partial charge on any atom is 0.274 e. The van der Waals surface area contributed by atoms with Crippen molar-refractivity contribution < 1.29 is 4.79 Å². The van der Waals surface area contributed by atoms with E-state index in [0.29, 0.717) is 11.6 Å². The van der Waals surface area contributed by atoms with Crippen LogP contribution in [0.5, 0.6) is 0 Å². The highest BCUT2D eigenvalue weighted by Crippen LogP contribution is 2.20. The summed E-state index contributed by atoms with van der Waals surface area (Å²) in [6.07, 6.45) is 10.8. The van der Waals surface area contributed by atoms with E-state index in [1.165, 1.54) is 31.3 Å². The molecule has 3 rings (SSSR count). The van der Waals surface area contributed by atoms with Crippen LogP contribution in [0.3, 0.4) is 0 Å². The van der Waals surface area contributed by atoms with Crippen LogP contribution < -0.4 is 10.6 Å². The summed E-state index contributed by atoms with van der Waals surface area (Å²) in [6, 6.07) is 9.46. The van der Waals surface area contributed by atoms with Gasteiger partial charge in [0.2, 0.25) is 5.95 Å². The van der Waals surface area contributed by atoms with E-state index < -0.39 is 0 Å². The molecule has 1 heterocycles. The van der Waals surface area contributed by atoms with Crippen LogP contribution in [0.25, 0.3) is 0 Å². The van der Waals surface area contributed by atoms with Gasteiger partial charge in [-0.1, -0.05) is 36.8 Å². The lowest BCUT2D eigenvalue weighted by atomic mass is 9.97. The molecular weight excluding hydrogens is 324 g/mol. The van der Waals surface area contributed by atoms with Gasteiger partial charge in [-0.05, 0) is 56.2 Å². The molecule has 0 saturated carbocycles. The van der Waals surface area contributed by atoms with Crippen molar-refractivity contribution in [3.8, 4) is 0 Å². The molecule has 1 aromatic carbocycles. The second-order valence-corrected chi connectivity index (χ2v) is 6.52. The monoisotopic (exact) mass is 350 g/mol. The number of nitrogens with one attached hydrogen (secondary N) is 2. The Hall–Kier alpha value is -2.69. The highest BCUT2D eigenvalue weighted by atomic mass is 16.1. The van der Waals surface area contributed by atoms with Gasteiger partial charge in [-0.2, -0.15) is 0 Å². The molecule has 0 unspecified atom stereocenters. The van der Waals surface area contributed by atoms with E-state index in [4.69, 9.17) is 0 Å². The van der Waals surface area contributed by atoms with Gasteiger partial charge in [-0.15, -0.1) is 0 Å². The van der Waals surface area contributed by atoms with E-state index in [2.05, 4.69) is 33.6 Å². The Morgan fingerprint density at radius 3 is 2.88 bits per heavy atom. The van der Waals surface area contributed by atoms with Crippen LogP contribution in [0.15, 0.2) is 48.2 Å². The number of anilines is 2. The Balaban J connectivity index is 1.59. The first-order valence-electron chi connectivity index (χ1n) is 9.40. The molecule has 1 aromatic heterocycles. The summed E-state index contributed by atoms with van der Waals surface area (Å²) in [5.74, 6) is 0.282. The van der Waals surface area contributed by atoms with Gasteiger partial charge in [-0.3, -0.25) is 4.79 Å². The second kappa shape index (κ2) is 9.13. The molecule has 2 aromatic rings. The summed E-state index contributed by atoms with van der Waals surface area (Å²) in [5, 5.41) is 6.18. The molecule has 5 nitrogen and oxygen atoms in total. The Labute approximate surface area is 155 Å². The molecule has 2 N–H and O–H groups in total. The van der Waals surface area contributed by atoms with Crippen molar-refractivity contribution in [2.45, 2.75) is 45.4 Å². The van der Waals surface area contributed by atoms with Crippen LogP contribution in [0.1, 0.15) is 55.1 Å². The van der Waals surface area contributed by atoms with E-state index in [1.807, 2.05) is 24.3 Å². The smallest absolute Gasteiger partial charge is 0.274 e. The minimum absolute atomic E-state index is 0.216. The third-order valence-electron chi connectivity index (χ3n) is 4.65. The first-order valence-corrected chi connectivity index (χ1v) is 9.40. The Kier molecular flexibility index (Phi) is 6.36. The Morgan fingerprint density at radius 2 is 2.08 bits per heavy atom. The quantitative estimate of drug-likeness (QED) is 0.717. The molecule has 1 aliphatic rings. The molecule has 0 fully saturated rings. The zero-order chi connectivity index (χ0) is 18.2. The second-order valence-electron chi connectivity index (χ2n) is 6.52. The van der Waals surface area contributed by atoms with Crippen LogP contribution in [0.4, 0.5) is 11.6 Å². The largest absolute Gasteiger partial charge is 0.354 e. The summed E-state index contributed by atoms with van der Waals surface area (Å²) in [4.78, 5) is 21.1. The summed E-state index contributed by atoms with van der Waals surface area (Å²) >= 11 is 0. The van der Waals surface area contributed by atoms with E-state index in [9.17, 15) is 4.79 Å². The fraction of sp³-hybridized carbons (Fsp3) is 0.381. The summed E-state index contributed by atoms with van der Waals surface area (Å²) < 4.78 is 0. The first-order chi connectivity index (χ1) is 12.8. The van der Waals surface area contributed by atoms with Crippen molar-refractivity contribution in [3.05, 3.63) is 59.4 Å². The van der Waals surface area contributed by atoms with Crippen LogP contribution in [-0.4, -0.2) is 22.4 Å². The van der Waals surface area contributed by atoms with E-state index in [-0.39, 0.29) is 5.91 Å². The summed E-state index contributed by atoms with van der Waals surface area (Å²) in [6.45, 7) is 2.86. The van der Waals surface area contributed by atoms with Crippen molar-refractivity contribution in [1.82, 2.24) is 9.97 Å². The number of amides is 1. The standard InChI is InChI=1S/C21H26N4O/c1-2-17-10-6-7-11-18(17)24-20(26)19-13-15-23-21(25-19)22-14-12-16-8-4-3-5-9-16/h6-8,10-11,13,15H,2-5,9,12,14H2,1H3,(H,24,26)(H,22,23,25). The van der Waals surface area contributed by atoms with Gasteiger partial charge in [-0.25, -0.2) is 9.97 Å². The number of allylic oxidation sites excluding steroid dienone is 1. The zero-order valence-electron chi connectivity index (χ0n) is 15.3. The van der Waals surface area contributed by atoms with E-state index in [0.717, 1.165) is 30.6 Å². The first kappa shape index (κ1) is 18.1. The van der Waals surface area contributed by atoms with Crippen molar-refractivity contribution in [2.75, 3.05) is 17.2 Å². The number of aryl methyl sites for hydroxylation is 1. The lowest BCUT2D eigenvalue weighted by Crippen LogP contribution is -2.16. The maximum absolute atomic E-state index is 12.5. The molecule has 0 aliphatic heterocycles. The molecule has 136 valence electrons. The lowest BCUT2D eigenvalue weighted by Gasteiger charge is -2.13. The van der Waals surface area contributed by atoms with Crippen molar-refractivity contribution in [1.29, 1.82) is 0 Å². The molecule has 5 heteroatoms. The topological polar surface area (TPSA) is 66.9 Å². The predicted molar refractivity (Wildman–Crippen MR) is 105 cm³/mol. The third kappa shape index (κ3) is 4.91. The van der Waals surface area contributed by atoms with Crippen LogP contribution in [0.2, 0.25) is 0 Å². The van der Waals surface area contributed by atoms with E-state index in [1.54, 1.807) is 12.3 Å².